The Morgan fingerprint density at radius 1 is 1.80 bits per heavy atom. The first-order valence-electron chi connectivity index (χ1n) is 2.42. The van der Waals surface area contributed by atoms with Crippen LogP contribution in [0.3, 0.4) is 0 Å². The molecule has 0 unspecified atom stereocenters. The van der Waals surface area contributed by atoms with Gasteiger partial charge in [0.25, 0.3) is 0 Å². The van der Waals surface area contributed by atoms with Crippen LogP contribution in [-0.2, 0) is 7.05 Å². The summed E-state index contributed by atoms with van der Waals surface area (Å²) in [6.07, 6.45) is 0. The quantitative estimate of drug-likeness (QED) is 0.414. The van der Waals surface area contributed by atoms with Gasteiger partial charge in [-0.25, -0.2) is 4.68 Å². The molecule has 0 aliphatic rings. The molecule has 1 aromatic heterocycles. The van der Waals surface area contributed by atoms with Crippen molar-refractivity contribution in [3.8, 4) is 0 Å². The second-order valence-electron chi connectivity index (χ2n) is 1.68. The Balaban J connectivity index is 3.17. The van der Waals surface area contributed by atoms with Gasteiger partial charge in [-0.2, -0.15) is 0 Å². The maximum absolute atomic E-state index is 10.0. The van der Waals surface area contributed by atoms with E-state index < -0.39 is 10.7 Å². The standard InChI is InChI=1S/C3H5N5O2/c1-7-2(4)3(5-6-7)8(9)10/h4H2,1H3. The van der Waals surface area contributed by atoms with Crippen molar-refractivity contribution in [2.24, 2.45) is 7.05 Å². The number of hydrogen-bond donors (Lipinski definition) is 1. The maximum atomic E-state index is 10.0. The molecule has 7 heteroatoms. The Kier molecular flexibility index (Phi) is 1.25. The number of aryl methyl sites for hydroxylation is 1. The monoisotopic (exact) mass is 143 g/mol. The average Bonchev–Trinajstić information content (AvgIpc) is 2.14. The van der Waals surface area contributed by atoms with Gasteiger partial charge >= 0.3 is 5.82 Å². The highest BCUT2D eigenvalue weighted by Gasteiger charge is 2.18. The first-order chi connectivity index (χ1) is 4.63. The highest BCUT2D eigenvalue weighted by atomic mass is 16.6. The molecule has 1 aromatic rings. The van der Waals surface area contributed by atoms with Crippen molar-refractivity contribution in [1.29, 1.82) is 0 Å². The predicted molar refractivity (Wildman–Crippen MR) is 32.1 cm³/mol. The van der Waals surface area contributed by atoms with Crippen molar-refractivity contribution in [3.63, 3.8) is 0 Å². The van der Waals surface area contributed by atoms with Crippen LogP contribution in [0.25, 0.3) is 0 Å². The van der Waals surface area contributed by atoms with Gasteiger partial charge in [0.15, 0.2) is 0 Å². The molecule has 2 N–H and O–H groups in total. The molecule has 0 bridgehead atoms. The van der Waals surface area contributed by atoms with Crippen LogP contribution >= 0.6 is 0 Å². The third-order valence-electron chi connectivity index (χ3n) is 1.02. The zero-order valence-electron chi connectivity index (χ0n) is 5.18. The number of nitrogen functional groups attached to an aromatic ring is 1. The topological polar surface area (TPSA) is 99.9 Å². The van der Waals surface area contributed by atoms with Gasteiger partial charge in [0, 0.05) is 7.05 Å². The van der Waals surface area contributed by atoms with E-state index in [1.807, 2.05) is 0 Å². The Bertz CT molecular complexity index is 266. The van der Waals surface area contributed by atoms with E-state index in [2.05, 4.69) is 10.3 Å². The SMILES string of the molecule is Cn1nnc([N+](=O)[O-])c1N. The number of hydrogen-bond acceptors (Lipinski definition) is 5. The van der Waals surface area contributed by atoms with Gasteiger partial charge in [0.2, 0.25) is 5.82 Å². The minimum Gasteiger partial charge on any atom is -0.377 e. The molecule has 0 fully saturated rings. The highest BCUT2D eigenvalue weighted by molar-refractivity contribution is 5.45. The molecule has 0 aliphatic heterocycles. The molecule has 0 aliphatic carbocycles. The average molecular weight is 143 g/mol. The fraction of sp³-hybridized carbons (Fsp3) is 0.333. The number of aromatic nitrogens is 3. The molecular weight excluding hydrogens is 138 g/mol. The summed E-state index contributed by atoms with van der Waals surface area (Å²) in [6.45, 7) is 0. The summed E-state index contributed by atoms with van der Waals surface area (Å²) in [7, 11) is 1.48. The van der Waals surface area contributed by atoms with E-state index in [9.17, 15) is 10.1 Å². The van der Waals surface area contributed by atoms with E-state index in [0.29, 0.717) is 0 Å². The molecule has 0 saturated heterocycles. The Morgan fingerprint density at radius 3 is 2.60 bits per heavy atom. The summed E-state index contributed by atoms with van der Waals surface area (Å²) in [5.74, 6) is -0.437. The summed E-state index contributed by atoms with van der Waals surface area (Å²) in [6, 6.07) is 0. The highest BCUT2D eigenvalue weighted by Crippen LogP contribution is 2.13. The summed E-state index contributed by atoms with van der Waals surface area (Å²) in [5, 5.41) is 16.6. The summed E-state index contributed by atoms with van der Waals surface area (Å²) in [4.78, 5) is 9.37. The minimum absolute atomic E-state index is 0.0370. The fourth-order valence-electron chi connectivity index (χ4n) is 0.484. The van der Waals surface area contributed by atoms with Crippen molar-refractivity contribution in [2.45, 2.75) is 0 Å². The molecule has 0 radical (unpaired) electrons. The van der Waals surface area contributed by atoms with E-state index >= 15 is 0 Å². The minimum atomic E-state index is -0.678. The third-order valence-corrected chi connectivity index (χ3v) is 1.02. The number of nitrogens with two attached hydrogens (primary N) is 1. The van der Waals surface area contributed by atoms with Crippen LogP contribution in [0.5, 0.6) is 0 Å². The Hall–Kier alpha value is -1.66. The third kappa shape index (κ3) is 0.768. The second kappa shape index (κ2) is 1.94. The lowest BCUT2D eigenvalue weighted by atomic mass is 10.7. The lowest BCUT2D eigenvalue weighted by Gasteiger charge is -1.88. The molecule has 0 atom stereocenters. The zero-order chi connectivity index (χ0) is 7.72. The van der Waals surface area contributed by atoms with Crippen LogP contribution in [-0.4, -0.2) is 19.9 Å². The van der Waals surface area contributed by atoms with Crippen molar-refractivity contribution in [1.82, 2.24) is 15.0 Å². The fourth-order valence-corrected chi connectivity index (χ4v) is 0.484. The molecule has 0 amide bonds. The smallest absolute Gasteiger partial charge is 0.377 e. The first kappa shape index (κ1) is 6.46. The first-order valence-corrected chi connectivity index (χ1v) is 2.42. The molecule has 54 valence electrons. The lowest BCUT2D eigenvalue weighted by Crippen LogP contribution is -1.99. The predicted octanol–water partition coefficient (Wildman–Crippen LogP) is -0.695. The number of anilines is 1. The molecule has 1 rings (SSSR count). The van der Waals surface area contributed by atoms with Crippen molar-refractivity contribution in [3.05, 3.63) is 10.1 Å². The van der Waals surface area contributed by atoms with Crippen LogP contribution < -0.4 is 5.73 Å². The van der Waals surface area contributed by atoms with Gasteiger partial charge in [0.05, 0.1) is 5.21 Å². The zero-order valence-corrected chi connectivity index (χ0v) is 5.18. The molecular formula is C3H5N5O2. The van der Waals surface area contributed by atoms with E-state index in [0.717, 1.165) is 4.68 Å². The van der Waals surface area contributed by atoms with Crippen LogP contribution in [0.2, 0.25) is 0 Å². The Morgan fingerprint density at radius 2 is 2.40 bits per heavy atom. The van der Waals surface area contributed by atoms with E-state index in [1.54, 1.807) is 0 Å². The van der Waals surface area contributed by atoms with Gasteiger partial charge in [-0.05, 0) is 4.92 Å². The van der Waals surface area contributed by atoms with Gasteiger partial charge in [-0.1, -0.05) is 0 Å². The van der Waals surface area contributed by atoms with Crippen LogP contribution in [0.15, 0.2) is 0 Å². The van der Waals surface area contributed by atoms with Gasteiger partial charge in [0.1, 0.15) is 5.10 Å². The van der Waals surface area contributed by atoms with Crippen molar-refractivity contribution >= 4 is 11.6 Å². The van der Waals surface area contributed by atoms with Crippen molar-refractivity contribution in [2.75, 3.05) is 5.73 Å². The maximum Gasteiger partial charge on any atom is 0.434 e. The van der Waals surface area contributed by atoms with E-state index in [4.69, 9.17) is 5.73 Å². The van der Waals surface area contributed by atoms with E-state index in [1.165, 1.54) is 7.05 Å². The van der Waals surface area contributed by atoms with Gasteiger partial charge in [-0.15, -0.1) is 0 Å². The molecule has 0 saturated carbocycles. The number of rotatable bonds is 1. The summed E-state index contributed by atoms with van der Waals surface area (Å²) < 4.78 is 1.14. The van der Waals surface area contributed by atoms with Crippen LogP contribution in [0.4, 0.5) is 11.6 Å². The molecule has 7 nitrogen and oxygen atoms in total. The van der Waals surface area contributed by atoms with Gasteiger partial charge < -0.3 is 15.8 Å². The van der Waals surface area contributed by atoms with Crippen LogP contribution in [0.1, 0.15) is 0 Å². The van der Waals surface area contributed by atoms with Gasteiger partial charge in [-0.3, -0.25) is 0 Å². The molecule has 1 heterocycles. The normalized spacial score (nSPS) is 9.70. The number of nitrogens with zero attached hydrogens (tertiary/aromatic N) is 4. The second-order valence-corrected chi connectivity index (χ2v) is 1.68. The Labute approximate surface area is 55.6 Å². The summed E-state index contributed by atoms with van der Waals surface area (Å²) in [5.41, 5.74) is 5.20. The lowest BCUT2D eigenvalue weighted by molar-refractivity contribution is -0.388. The largest absolute Gasteiger partial charge is 0.434 e. The number of nitro groups is 1. The molecule has 0 aromatic carbocycles. The molecule has 0 spiro atoms. The van der Waals surface area contributed by atoms with Crippen molar-refractivity contribution < 1.29 is 4.92 Å². The molecule has 10 heavy (non-hydrogen) atoms. The van der Waals surface area contributed by atoms with Crippen LogP contribution in [0, 0.1) is 10.1 Å². The summed E-state index contributed by atoms with van der Waals surface area (Å²) >= 11 is 0. The van der Waals surface area contributed by atoms with E-state index in [-0.39, 0.29) is 5.82 Å².